The normalized spacial score (nSPS) is 17.4. The van der Waals surface area contributed by atoms with Crippen LogP contribution in [0.25, 0.3) is 0 Å². The minimum atomic E-state index is -1.04. The number of halogens is 3. The van der Waals surface area contributed by atoms with Crippen LogP contribution < -0.4 is 10.1 Å². The zero-order valence-corrected chi connectivity index (χ0v) is 19.4. The molecule has 0 spiro atoms. The lowest BCUT2D eigenvalue weighted by Crippen LogP contribution is -2.44. The number of carbonyl (C=O) groups is 2. The molecule has 0 aliphatic heterocycles. The summed E-state index contributed by atoms with van der Waals surface area (Å²) >= 11 is 12.0. The monoisotopic (exact) mass is 479 g/mol. The van der Waals surface area contributed by atoms with E-state index in [1.165, 1.54) is 6.07 Å². The van der Waals surface area contributed by atoms with Crippen molar-refractivity contribution in [3.05, 3.63) is 62.9 Å². The van der Waals surface area contributed by atoms with Crippen LogP contribution in [-0.2, 0) is 9.53 Å². The molecule has 1 amide bonds. The first-order valence-corrected chi connectivity index (χ1v) is 11.4. The Balaban J connectivity index is 1.58. The molecule has 0 unspecified atom stereocenters. The Kier molecular flexibility index (Phi) is 6.37. The van der Waals surface area contributed by atoms with Crippen molar-refractivity contribution in [1.29, 1.82) is 0 Å². The van der Waals surface area contributed by atoms with E-state index in [2.05, 4.69) is 5.32 Å². The topological polar surface area (TPSA) is 64.6 Å². The van der Waals surface area contributed by atoms with Gasteiger partial charge in [-0.1, -0.05) is 23.2 Å². The Morgan fingerprint density at radius 2 is 1.91 bits per heavy atom. The molecule has 5 nitrogen and oxygen atoms in total. The lowest BCUT2D eigenvalue weighted by atomic mass is 9.95. The highest BCUT2D eigenvalue weighted by Crippen LogP contribution is 2.45. The molecule has 0 bridgehead atoms. The van der Waals surface area contributed by atoms with E-state index in [0.29, 0.717) is 34.2 Å². The molecule has 4 rings (SSSR count). The number of hydrogen-bond donors (Lipinski definition) is 1. The minimum Gasteiger partial charge on any atom is -0.486 e. The van der Waals surface area contributed by atoms with Crippen molar-refractivity contribution in [2.24, 2.45) is 0 Å². The van der Waals surface area contributed by atoms with Gasteiger partial charge in [0.1, 0.15) is 23.2 Å². The summed E-state index contributed by atoms with van der Waals surface area (Å²) in [4.78, 5) is 25.0. The number of hydrogen-bond acceptors (Lipinski definition) is 4. The summed E-state index contributed by atoms with van der Waals surface area (Å²) in [5, 5.41) is 3.47. The van der Waals surface area contributed by atoms with Gasteiger partial charge in [0.25, 0.3) is 5.91 Å². The van der Waals surface area contributed by atoms with E-state index in [1.54, 1.807) is 31.2 Å². The first-order valence-electron chi connectivity index (χ1n) is 10.7. The Morgan fingerprint density at radius 1 is 1.19 bits per heavy atom. The number of nitrogens with one attached hydrogen (secondary N) is 1. The maximum Gasteiger partial charge on any atom is 0.331 e. The molecule has 0 heterocycles. The van der Waals surface area contributed by atoms with Crippen LogP contribution >= 0.6 is 23.2 Å². The van der Waals surface area contributed by atoms with Crippen molar-refractivity contribution >= 4 is 35.1 Å². The third-order valence-corrected chi connectivity index (χ3v) is 6.58. The molecule has 0 aromatic heterocycles. The van der Waals surface area contributed by atoms with Crippen LogP contribution in [0.4, 0.5) is 4.39 Å². The molecule has 32 heavy (non-hydrogen) atoms. The Labute approximate surface area is 196 Å². The van der Waals surface area contributed by atoms with Crippen molar-refractivity contribution < 1.29 is 23.5 Å². The quantitative estimate of drug-likeness (QED) is 0.473. The van der Waals surface area contributed by atoms with E-state index in [0.717, 1.165) is 18.4 Å². The first kappa shape index (κ1) is 22.9. The van der Waals surface area contributed by atoms with Crippen LogP contribution in [0.2, 0.25) is 10.0 Å². The fraction of sp³-hybridized carbons (Fsp3) is 0.417. The second-order valence-corrected chi connectivity index (χ2v) is 9.14. The van der Waals surface area contributed by atoms with Gasteiger partial charge in [0.05, 0.1) is 22.2 Å². The maximum absolute atomic E-state index is 15.1. The second-order valence-electron chi connectivity index (χ2n) is 8.33. The summed E-state index contributed by atoms with van der Waals surface area (Å²) in [7, 11) is 0. The van der Waals surface area contributed by atoms with Crippen LogP contribution in [0.5, 0.6) is 5.75 Å². The van der Waals surface area contributed by atoms with Gasteiger partial charge in [0, 0.05) is 6.07 Å². The smallest absolute Gasteiger partial charge is 0.331 e. The molecule has 2 aliphatic carbocycles. The molecule has 1 N–H and O–H groups in total. The maximum atomic E-state index is 15.1. The summed E-state index contributed by atoms with van der Waals surface area (Å²) in [5.74, 6) is -0.986. The highest BCUT2D eigenvalue weighted by atomic mass is 35.5. The summed E-state index contributed by atoms with van der Waals surface area (Å²) < 4.78 is 26.1. The minimum absolute atomic E-state index is 0.0760. The van der Waals surface area contributed by atoms with Gasteiger partial charge in [-0.25, -0.2) is 9.18 Å². The summed E-state index contributed by atoms with van der Waals surface area (Å²) in [5.41, 5.74) is 0.444. The predicted octanol–water partition coefficient (Wildman–Crippen LogP) is 5.98. The Hall–Kier alpha value is -2.31. The van der Waals surface area contributed by atoms with Crippen LogP contribution in [0.15, 0.2) is 30.3 Å². The molecule has 2 fully saturated rings. The molecule has 2 aliphatic rings. The first-order chi connectivity index (χ1) is 15.2. The predicted molar refractivity (Wildman–Crippen MR) is 120 cm³/mol. The van der Waals surface area contributed by atoms with Gasteiger partial charge in [-0.2, -0.15) is 0 Å². The summed E-state index contributed by atoms with van der Waals surface area (Å²) in [6, 6.07) is 7.89. The van der Waals surface area contributed by atoms with E-state index < -0.39 is 29.3 Å². The van der Waals surface area contributed by atoms with Gasteiger partial charge >= 0.3 is 5.97 Å². The van der Waals surface area contributed by atoms with Crippen LogP contribution in [0.1, 0.15) is 73.0 Å². The highest BCUT2D eigenvalue weighted by molar-refractivity contribution is 6.42. The lowest BCUT2D eigenvalue weighted by Gasteiger charge is -2.21. The van der Waals surface area contributed by atoms with Gasteiger partial charge < -0.3 is 14.8 Å². The molecule has 2 aromatic carbocycles. The number of carbonyl (C=O) groups excluding carboxylic acids is 2. The molecule has 0 radical (unpaired) electrons. The largest absolute Gasteiger partial charge is 0.486 e. The van der Waals surface area contributed by atoms with E-state index >= 15 is 4.39 Å². The average Bonchev–Trinajstić information content (AvgIpc) is 3.66. The van der Waals surface area contributed by atoms with Crippen molar-refractivity contribution in [1.82, 2.24) is 5.32 Å². The molecule has 2 aromatic rings. The standard InChI is InChI=1S/C24H24Cl2FNO4/c1-3-31-23(30)24(8-9-24)28-22(29)18-11-17(14-4-5-14)16(12-21(18)27)13(2)32-15-6-7-19(25)20(26)10-15/h6-7,10-14H,3-5,8-9H2,1-2H3,(H,28,29)/t13-/m1/s1. The number of amides is 1. The highest BCUT2D eigenvalue weighted by Gasteiger charge is 2.53. The van der Waals surface area contributed by atoms with Crippen LogP contribution in [0.3, 0.4) is 0 Å². The molecule has 2 saturated carbocycles. The summed E-state index contributed by atoms with van der Waals surface area (Å²) in [6.07, 6.45) is 2.43. The van der Waals surface area contributed by atoms with Gasteiger partial charge in [-0.15, -0.1) is 0 Å². The average molecular weight is 480 g/mol. The van der Waals surface area contributed by atoms with E-state index in [9.17, 15) is 9.59 Å². The summed E-state index contributed by atoms with van der Waals surface area (Å²) in [6.45, 7) is 3.75. The van der Waals surface area contributed by atoms with E-state index in [1.807, 2.05) is 6.92 Å². The fourth-order valence-corrected chi connectivity index (χ4v) is 4.04. The van der Waals surface area contributed by atoms with Crippen molar-refractivity contribution in [2.75, 3.05) is 6.61 Å². The van der Waals surface area contributed by atoms with Crippen molar-refractivity contribution in [3.8, 4) is 5.75 Å². The number of benzene rings is 2. The second kappa shape index (κ2) is 8.91. The zero-order chi connectivity index (χ0) is 23.0. The Morgan fingerprint density at radius 3 is 2.50 bits per heavy atom. The van der Waals surface area contributed by atoms with Crippen molar-refractivity contribution in [3.63, 3.8) is 0 Å². The van der Waals surface area contributed by atoms with E-state index in [4.69, 9.17) is 32.7 Å². The molecule has 170 valence electrons. The van der Waals surface area contributed by atoms with Crippen LogP contribution in [0, 0.1) is 5.82 Å². The molecule has 1 atom stereocenters. The third kappa shape index (κ3) is 4.71. The number of rotatable bonds is 8. The molecular weight excluding hydrogens is 456 g/mol. The molecule has 0 saturated heterocycles. The molecular formula is C24H24Cl2FNO4. The van der Waals surface area contributed by atoms with Gasteiger partial charge in [-0.3, -0.25) is 4.79 Å². The number of ether oxygens (including phenoxy) is 2. The van der Waals surface area contributed by atoms with Gasteiger partial charge in [-0.05, 0) is 80.8 Å². The van der Waals surface area contributed by atoms with Crippen molar-refractivity contribution in [2.45, 2.75) is 57.1 Å². The van der Waals surface area contributed by atoms with Gasteiger partial charge in [0.2, 0.25) is 0 Å². The zero-order valence-electron chi connectivity index (χ0n) is 17.8. The Bertz CT molecular complexity index is 1070. The molecule has 8 heteroatoms. The third-order valence-electron chi connectivity index (χ3n) is 5.85. The van der Waals surface area contributed by atoms with Crippen LogP contribution in [-0.4, -0.2) is 24.0 Å². The SMILES string of the molecule is CCOC(=O)C1(NC(=O)c2cc(C3CC3)c([C@@H](C)Oc3ccc(Cl)c(Cl)c3)cc2F)CC1. The van der Waals surface area contributed by atoms with E-state index in [-0.39, 0.29) is 18.1 Å². The fourth-order valence-electron chi connectivity index (χ4n) is 3.76. The lowest BCUT2D eigenvalue weighted by molar-refractivity contribution is -0.146. The van der Waals surface area contributed by atoms with Gasteiger partial charge in [0.15, 0.2) is 0 Å². The number of esters is 1.